The minimum atomic E-state index is -1.58. The van der Waals surface area contributed by atoms with E-state index in [2.05, 4.69) is 21.3 Å². The highest BCUT2D eigenvalue weighted by atomic mass is 16.4. The van der Waals surface area contributed by atoms with Crippen LogP contribution in [0.15, 0.2) is 30.3 Å². The van der Waals surface area contributed by atoms with Crippen LogP contribution in [0.2, 0.25) is 0 Å². The molecule has 0 aliphatic rings. The molecule has 0 bridgehead atoms. The quantitative estimate of drug-likeness (QED) is 0.0694. The first-order valence-electron chi connectivity index (χ1n) is 14.1. The van der Waals surface area contributed by atoms with Crippen molar-refractivity contribution in [1.29, 1.82) is 0 Å². The number of hydrogen-bond acceptors (Lipinski definition) is 9. The summed E-state index contributed by atoms with van der Waals surface area (Å²) in [5.74, 6) is -8.63. The summed E-state index contributed by atoms with van der Waals surface area (Å²) in [4.78, 5) is 95.4. The highest BCUT2D eigenvalue weighted by molar-refractivity contribution is 5.95. The summed E-state index contributed by atoms with van der Waals surface area (Å²) in [5, 5.41) is 46.0. The minimum absolute atomic E-state index is 0.0621. The van der Waals surface area contributed by atoms with Crippen molar-refractivity contribution in [3.8, 4) is 0 Å². The lowest BCUT2D eigenvalue weighted by Gasteiger charge is -2.25. The van der Waals surface area contributed by atoms with Crippen molar-refractivity contribution in [2.24, 2.45) is 5.73 Å². The number of rotatable bonds is 22. The molecule has 10 N–H and O–H groups in total. The molecule has 0 aromatic heterocycles. The molecule has 1 aromatic carbocycles. The number of carboxylic acids is 4. The zero-order valence-corrected chi connectivity index (χ0v) is 24.4. The van der Waals surface area contributed by atoms with Gasteiger partial charge in [-0.2, -0.15) is 0 Å². The standard InChI is InChI=1S/C28H39N5O12/c29-17(9-12-21(34)35)25(41)31-18(10-13-22(36)37)26(42)32-19(11-14-23(38)39)27(43)33-20(28(44)45)8-4-5-15-30-24(40)16-6-2-1-3-7-16/h1-3,6-7,17-20H,4-5,8-15,29H2,(H,30,40)(H,31,41)(H,32,42)(H,33,43)(H,34,35)(H,36,37)(H,38,39)(H,44,45)/t17-,18-,19-,20-/m1/s1. The van der Waals surface area contributed by atoms with E-state index in [9.17, 15) is 43.5 Å². The third-order valence-corrected chi connectivity index (χ3v) is 6.42. The summed E-state index contributed by atoms with van der Waals surface area (Å²) in [7, 11) is 0. The molecule has 45 heavy (non-hydrogen) atoms. The first-order chi connectivity index (χ1) is 21.2. The summed E-state index contributed by atoms with van der Waals surface area (Å²) < 4.78 is 0. The van der Waals surface area contributed by atoms with E-state index in [0.29, 0.717) is 12.0 Å². The van der Waals surface area contributed by atoms with Crippen molar-refractivity contribution in [3.63, 3.8) is 0 Å². The smallest absolute Gasteiger partial charge is 0.326 e. The van der Waals surface area contributed by atoms with Crippen LogP contribution in [-0.4, -0.2) is 98.6 Å². The van der Waals surface area contributed by atoms with Crippen molar-refractivity contribution in [3.05, 3.63) is 35.9 Å². The second-order valence-electron chi connectivity index (χ2n) is 10.0. The highest BCUT2D eigenvalue weighted by Gasteiger charge is 2.31. The van der Waals surface area contributed by atoms with Gasteiger partial charge in [0, 0.05) is 31.4 Å². The van der Waals surface area contributed by atoms with Crippen LogP contribution in [0.3, 0.4) is 0 Å². The maximum atomic E-state index is 13.0. The van der Waals surface area contributed by atoms with Crippen LogP contribution >= 0.6 is 0 Å². The van der Waals surface area contributed by atoms with Gasteiger partial charge < -0.3 is 47.4 Å². The maximum Gasteiger partial charge on any atom is 0.326 e. The van der Waals surface area contributed by atoms with Crippen LogP contribution in [0.25, 0.3) is 0 Å². The largest absolute Gasteiger partial charge is 0.481 e. The van der Waals surface area contributed by atoms with Crippen LogP contribution < -0.4 is 27.0 Å². The predicted octanol–water partition coefficient (Wildman–Crippen LogP) is -0.953. The second-order valence-corrected chi connectivity index (χ2v) is 10.0. The van der Waals surface area contributed by atoms with Crippen LogP contribution in [0.1, 0.15) is 68.1 Å². The van der Waals surface area contributed by atoms with E-state index in [1.54, 1.807) is 30.3 Å². The fourth-order valence-corrected chi connectivity index (χ4v) is 3.93. The van der Waals surface area contributed by atoms with Crippen molar-refractivity contribution in [2.45, 2.75) is 82.0 Å². The molecule has 4 amide bonds. The number of hydrogen-bond donors (Lipinski definition) is 9. The summed E-state index contributed by atoms with van der Waals surface area (Å²) in [6.07, 6.45) is -2.29. The highest BCUT2D eigenvalue weighted by Crippen LogP contribution is 2.07. The molecule has 0 saturated heterocycles. The molecular formula is C28H39N5O12. The molecule has 0 aliphatic heterocycles. The van der Waals surface area contributed by atoms with Gasteiger partial charge in [-0.1, -0.05) is 18.2 Å². The van der Waals surface area contributed by atoms with Gasteiger partial charge in [0.2, 0.25) is 17.7 Å². The molecule has 0 radical (unpaired) electrons. The molecule has 248 valence electrons. The predicted molar refractivity (Wildman–Crippen MR) is 155 cm³/mol. The number of unbranched alkanes of at least 4 members (excludes halogenated alkanes) is 1. The Balaban J connectivity index is 2.87. The van der Waals surface area contributed by atoms with Gasteiger partial charge >= 0.3 is 23.9 Å². The van der Waals surface area contributed by atoms with E-state index in [1.807, 2.05) is 0 Å². The normalized spacial score (nSPS) is 13.3. The lowest BCUT2D eigenvalue weighted by atomic mass is 10.0. The van der Waals surface area contributed by atoms with Crippen LogP contribution in [0, 0.1) is 0 Å². The fraction of sp³-hybridized carbons (Fsp3) is 0.500. The summed E-state index contributed by atoms with van der Waals surface area (Å²) >= 11 is 0. The van der Waals surface area contributed by atoms with Crippen LogP contribution in [0.4, 0.5) is 0 Å². The molecule has 0 aliphatic carbocycles. The van der Waals surface area contributed by atoms with Crippen LogP contribution in [0.5, 0.6) is 0 Å². The van der Waals surface area contributed by atoms with Gasteiger partial charge in [0.15, 0.2) is 0 Å². The van der Waals surface area contributed by atoms with E-state index < -0.39 is 97.9 Å². The van der Waals surface area contributed by atoms with Crippen molar-refractivity contribution in [2.75, 3.05) is 6.54 Å². The van der Waals surface area contributed by atoms with Gasteiger partial charge in [0.25, 0.3) is 5.91 Å². The Morgan fingerprint density at radius 2 is 1.07 bits per heavy atom. The zero-order valence-electron chi connectivity index (χ0n) is 24.4. The van der Waals surface area contributed by atoms with Crippen molar-refractivity contribution >= 4 is 47.5 Å². The SMILES string of the molecule is N[C@H](CCC(=O)O)C(=O)N[C@H](CCC(=O)O)C(=O)N[C@H](CCC(=O)O)C(=O)N[C@H](CCCCNC(=O)c1ccccc1)C(=O)O. The van der Waals surface area contributed by atoms with E-state index in [0.717, 1.165) is 0 Å². The Morgan fingerprint density at radius 3 is 1.56 bits per heavy atom. The monoisotopic (exact) mass is 637 g/mol. The molecule has 1 rings (SSSR count). The Labute approximate surface area is 257 Å². The summed E-state index contributed by atoms with van der Waals surface area (Å²) in [5.41, 5.74) is 6.11. The number of amides is 4. The molecule has 17 heteroatoms. The average molecular weight is 638 g/mol. The van der Waals surface area contributed by atoms with Crippen molar-refractivity contribution < 1.29 is 58.8 Å². The maximum absolute atomic E-state index is 13.0. The Bertz CT molecular complexity index is 1210. The number of carbonyl (C=O) groups is 8. The number of carbonyl (C=O) groups excluding carboxylic acids is 4. The molecule has 0 unspecified atom stereocenters. The number of nitrogens with one attached hydrogen (secondary N) is 4. The number of carboxylic acid groups (broad SMARTS) is 4. The second kappa shape index (κ2) is 20.0. The number of benzene rings is 1. The molecular weight excluding hydrogens is 598 g/mol. The van der Waals surface area contributed by atoms with Gasteiger partial charge in [-0.3, -0.25) is 33.6 Å². The fourth-order valence-electron chi connectivity index (χ4n) is 3.93. The summed E-state index contributed by atoms with van der Waals surface area (Å²) in [6.45, 7) is 0.231. The Kier molecular flexibility index (Phi) is 16.9. The summed E-state index contributed by atoms with van der Waals surface area (Å²) in [6, 6.07) is 2.51. The number of nitrogens with two attached hydrogens (primary N) is 1. The minimum Gasteiger partial charge on any atom is -0.481 e. The molecule has 0 spiro atoms. The van der Waals surface area contributed by atoms with Crippen molar-refractivity contribution in [1.82, 2.24) is 21.3 Å². The zero-order chi connectivity index (χ0) is 33.9. The Morgan fingerprint density at radius 1 is 0.600 bits per heavy atom. The molecule has 0 fully saturated rings. The van der Waals surface area contributed by atoms with E-state index in [-0.39, 0.29) is 31.7 Å². The third kappa shape index (κ3) is 15.8. The molecule has 0 heterocycles. The van der Waals surface area contributed by atoms with Gasteiger partial charge in [-0.05, 0) is 50.7 Å². The topological polar surface area (TPSA) is 292 Å². The first-order valence-corrected chi connectivity index (χ1v) is 14.1. The average Bonchev–Trinajstić information content (AvgIpc) is 2.98. The van der Waals surface area contributed by atoms with Gasteiger partial charge in [0.05, 0.1) is 6.04 Å². The lowest BCUT2D eigenvalue weighted by molar-refractivity contribution is -0.143. The molecule has 0 saturated carbocycles. The van der Waals surface area contributed by atoms with E-state index >= 15 is 0 Å². The van der Waals surface area contributed by atoms with E-state index in [4.69, 9.17) is 21.1 Å². The molecule has 1 aromatic rings. The van der Waals surface area contributed by atoms with Gasteiger partial charge in [-0.25, -0.2) is 4.79 Å². The van der Waals surface area contributed by atoms with Crippen LogP contribution in [-0.2, 0) is 33.6 Å². The Hall–Kier alpha value is -5.06. The lowest BCUT2D eigenvalue weighted by Crippen LogP contribution is -2.57. The van der Waals surface area contributed by atoms with Gasteiger partial charge in [0.1, 0.15) is 18.1 Å². The molecule has 17 nitrogen and oxygen atoms in total. The van der Waals surface area contributed by atoms with E-state index in [1.165, 1.54) is 0 Å². The molecule has 4 atom stereocenters. The first kappa shape index (κ1) is 38.0. The third-order valence-electron chi connectivity index (χ3n) is 6.42. The van der Waals surface area contributed by atoms with Gasteiger partial charge in [-0.15, -0.1) is 0 Å². The number of aliphatic carboxylic acids is 4.